The van der Waals surface area contributed by atoms with E-state index in [1.54, 1.807) is 19.1 Å². The van der Waals surface area contributed by atoms with E-state index in [9.17, 15) is 18.0 Å². The minimum atomic E-state index is -4.38. The molecule has 0 aliphatic carbocycles. The second-order valence-electron chi connectivity index (χ2n) is 4.78. The molecule has 2 rings (SSSR count). The lowest BCUT2D eigenvalue weighted by molar-refractivity contribution is -0.153. The topological polar surface area (TPSA) is 64.1 Å². The van der Waals surface area contributed by atoms with Crippen molar-refractivity contribution in [3.05, 3.63) is 53.6 Å². The van der Waals surface area contributed by atoms with Crippen LogP contribution in [0.5, 0.6) is 5.75 Å². The third kappa shape index (κ3) is 5.24. The Labute approximate surface area is 130 Å². The van der Waals surface area contributed by atoms with Crippen LogP contribution in [0.4, 0.5) is 13.2 Å². The van der Waals surface area contributed by atoms with Crippen molar-refractivity contribution in [2.24, 2.45) is 0 Å². The van der Waals surface area contributed by atoms with Crippen LogP contribution in [-0.2, 0) is 6.54 Å². The van der Waals surface area contributed by atoms with Crippen molar-refractivity contribution in [3.63, 3.8) is 0 Å². The molecule has 0 bridgehead atoms. The third-order valence-corrected chi connectivity index (χ3v) is 2.88. The SMILES string of the molecule is Cc1cc(CNC(=O)c2cnccn2)ccc1OCC(F)(F)F. The molecule has 122 valence electrons. The van der Waals surface area contributed by atoms with Gasteiger partial charge in [-0.1, -0.05) is 12.1 Å². The first-order valence-electron chi connectivity index (χ1n) is 6.68. The first-order chi connectivity index (χ1) is 10.8. The van der Waals surface area contributed by atoms with Gasteiger partial charge in [-0.05, 0) is 24.1 Å². The highest BCUT2D eigenvalue weighted by Gasteiger charge is 2.28. The number of hydrogen-bond acceptors (Lipinski definition) is 4. The lowest BCUT2D eigenvalue weighted by atomic mass is 10.1. The number of carbonyl (C=O) groups excluding carboxylic acids is 1. The predicted molar refractivity (Wildman–Crippen MR) is 75.9 cm³/mol. The van der Waals surface area contributed by atoms with Gasteiger partial charge in [0.1, 0.15) is 11.4 Å². The normalized spacial score (nSPS) is 11.1. The van der Waals surface area contributed by atoms with Crippen molar-refractivity contribution in [2.45, 2.75) is 19.6 Å². The van der Waals surface area contributed by atoms with E-state index >= 15 is 0 Å². The number of ether oxygens (including phenoxy) is 1. The Kier molecular flexibility index (Phi) is 5.15. The first-order valence-corrected chi connectivity index (χ1v) is 6.68. The number of amides is 1. The molecule has 8 heteroatoms. The quantitative estimate of drug-likeness (QED) is 0.918. The van der Waals surface area contributed by atoms with Gasteiger partial charge in [0.25, 0.3) is 5.91 Å². The van der Waals surface area contributed by atoms with E-state index < -0.39 is 12.8 Å². The Morgan fingerprint density at radius 2 is 2.09 bits per heavy atom. The Hall–Kier alpha value is -2.64. The molecule has 1 aromatic carbocycles. The molecule has 0 saturated carbocycles. The first kappa shape index (κ1) is 16.7. The van der Waals surface area contributed by atoms with E-state index in [-0.39, 0.29) is 23.9 Å². The molecule has 23 heavy (non-hydrogen) atoms. The summed E-state index contributed by atoms with van der Waals surface area (Å²) < 4.78 is 41.1. The smallest absolute Gasteiger partial charge is 0.422 e. The molecule has 1 N–H and O–H groups in total. The average Bonchev–Trinajstić information content (AvgIpc) is 2.51. The minimum Gasteiger partial charge on any atom is -0.484 e. The molecule has 5 nitrogen and oxygen atoms in total. The fraction of sp³-hybridized carbons (Fsp3) is 0.267. The molecule has 1 amide bonds. The fourth-order valence-electron chi connectivity index (χ4n) is 1.83. The number of rotatable bonds is 5. The summed E-state index contributed by atoms with van der Waals surface area (Å²) in [7, 11) is 0. The summed E-state index contributed by atoms with van der Waals surface area (Å²) in [6.45, 7) is 0.520. The fourth-order valence-corrected chi connectivity index (χ4v) is 1.83. The molecule has 0 radical (unpaired) electrons. The lowest BCUT2D eigenvalue weighted by Crippen LogP contribution is -2.24. The maximum atomic E-state index is 12.1. The van der Waals surface area contributed by atoms with Crippen LogP contribution in [0.2, 0.25) is 0 Å². The van der Waals surface area contributed by atoms with Gasteiger partial charge in [-0.25, -0.2) is 4.98 Å². The molecular formula is C15H14F3N3O2. The van der Waals surface area contributed by atoms with E-state index in [2.05, 4.69) is 15.3 Å². The number of aromatic nitrogens is 2. The van der Waals surface area contributed by atoms with Crippen LogP contribution in [0.25, 0.3) is 0 Å². The summed E-state index contributed by atoms with van der Waals surface area (Å²) in [6, 6.07) is 4.70. The summed E-state index contributed by atoms with van der Waals surface area (Å²) >= 11 is 0. The molecule has 1 aromatic heterocycles. The standard InChI is InChI=1S/C15H14F3N3O2/c1-10-6-11(2-3-13(10)23-9-15(16,17)18)7-21-14(22)12-8-19-4-5-20-12/h2-6,8H,7,9H2,1H3,(H,21,22). The van der Waals surface area contributed by atoms with Crippen LogP contribution in [0, 0.1) is 6.92 Å². The highest BCUT2D eigenvalue weighted by atomic mass is 19.4. The van der Waals surface area contributed by atoms with E-state index in [1.165, 1.54) is 24.7 Å². The Morgan fingerprint density at radius 1 is 1.30 bits per heavy atom. The third-order valence-electron chi connectivity index (χ3n) is 2.88. The molecule has 0 atom stereocenters. The summed E-state index contributed by atoms with van der Waals surface area (Å²) in [6.07, 6.45) is -0.171. The van der Waals surface area contributed by atoms with Gasteiger partial charge in [-0.2, -0.15) is 13.2 Å². The van der Waals surface area contributed by atoms with E-state index in [4.69, 9.17) is 4.74 Å². The van der Waals surface area contributed by atoms with Crippen molar-refractivity contribution < 1.29 is 22.7 Å². The van der Waals surface area contributed by atoms with E-state index in [0.717, 1.165) is 5.56 Å². The van der Waals surface area contributed by atoms with Crippen LogP contribution in [0.3, 0.4) is 0 Å². The summed E-state index contributed by atoms with van der Waals surface area (Å²) in [5.41, 5.74) is 1.48. The second kappa shape index (κ2) is 7.08. The van der Waals surface area contributed by atoms with Gasteiger partial charge in [-0.15, -0.1) is 0 Å². The largest absolute Gasteiger partial charge is 0.484 e. The number of nitrogens with zero attached hydrogens (tertiary/aromatic N) is 2. The van der Waals surface area contributed by atoms with Crippen molar-refractivity contribution in [1.29, 1.82) is 0 Å². The van der Waals surface area contributed by atoms with Crippen LogP contribution in [-0.4, -0.2) is 28.7 Å². The average molecular weight is 325 g/mol. The molecule has 2 aromatic rings. The van der Waals surface area contributed by atoms with Crippen LogP contribution in [0.15, 0.2) is 36.8 Å². The minimum absolute atomic E-state index is 0.159. The Morgan fingerprint density at radius 3 is 2.70 bits per heavy atom. The molecule has 0 saturated heterocycles. The van der Waals surface area contributed by atoms with Crippen LogP contribution in [0.1, 0.15) is 21.6 Å². The van der Waals surface area contributed by atoms with Crippen LogP contribution >= 0.6 is 0 Å². The zero-order valence-electron chi connectivity index (χ0n) is 12.2. The highest BCUT2D eigenvalue weighted by Crippen LogP contribution is 2.22. The number of halogens is 3. The summed E-state index contributed by atoms with van der Waals surface area (Å²) in [4.78, 5) is 19.5. The molecule has 1 heterocycles. The van der Waals surface area contributed by atoms with Gasteiger partial charge < -0.3 is 10.1 Å². The van der Waals surface area contributed by atoms with E-state index in [0.29, 0.717) is 5.56 Å². The maximum Gasteiger partial charge on any atom is 0.422 e. The highest BCUT2D eigenvalue weighted by molar-refractivity contribution is 5.91. The van der Waals surface area contributed by atoms with Crippen molar-refractivity contribution in [2.75, 3.05) is 6.61 Å². The number of benzene rings is 1. The Bertz CT molecular complexity index is 675. The van der Waals surface area contributed by atoms with E-state index in [1.807, 2.05) is 0 Å². The number of hydrogen-bond donors (Lipinski definition) is 1. The monoisotopic (exact) mass is 325 g/mol. The zero-order chi connectivity index (χ0) is 16.9. The van der Waals surface area contributed by atoms with Crippen molar-refractivity contribution in [3.8, 4) is 5.75 Å². The van der Waals surface area contributed by atoms with Crippen molar-refractivity contribution in [1.82, 2.24) is 15.3 Å². The molecule has 0 aliphatic rings. The molecule has 0 aliphatic heterocycles. The van der Waals surface area contributed by atoms with Gasteiger partial charge in [0.05, 0.1) is 6.20 Å². The molecule has 0 spiro atoms. The second-order valence-corrected chi connectivity index (χ2v) is 4.78. The lowest BCUT2D eigenvalue weighted by Gasteiger charge is -2.12. The zero-order valence-corrected chi connectivity index (χ0v) is 12.2. The number of aryl methyl sites for hydroxylation is 1. The van der Waals surface area contributed by atoms with Gasteiger partial charge in [0.15, 0.2) is 6.61 Å². The molecule has 0 unspecified atom stereocenters. The Balaban J connectivity index is 1.94. The van der Waals surface area contributed by atoms with Crippen LogP contribution < -0.4 is 10.1 Å². The number of nitrogens with one attached hydrogen (secondary N) is 1. The number of carbonyl (C=O) groups is 1. The predicted octanol–water partition coefficient (Wildman–Crippen LogP) is 2.66. The van der Waals surface area contributed by atoms with Gasteiger partial charge >= 0.3 is 6.18 Å². The molecule has 0 fully saturated rings. The number of alkyl halides is 3. The molecular weight excluding hydrogens is 311 g/mol. The van der Waals surface area contributed by atoms with Crippen molar-refractivity contribution >= 4 is 5.91 Å². The summed E-state index contributed by atoms with van der Waals surface area (Å²) in [5.74, 6) is -0.223. The van der Waals surface area contributed by atoms with Gasteiger partial charge in [0, 0.05) is 18.9 Å². The van der Waals surface area contributed by atoms with Gasteiger partial charge in [-0.3, -0.25) is 9.78 Å². The van der Waals surface area contributed by atoms with Gasteiger partial charge in [0.2, 0.25) is 0 Å². The maximum absolute atomic E-state index is 12.1. The summed E-state index contributed by atoms with van der Waals surface area (Å²) in [5, 5.41) is 2.66.